The molecule has 148 valence electrons. The van der Waals surface area contributed by atoms with Crippen molar-refractivity contribution >= 4 is 22.0 Å². The SMILES string of the molecule is O=C(CN1CCCCCC1)N1CCN(S(=O)(=O)/C=C/c2ccccc2)CC1. The second-order valence-corrected chi connectivity index (χ2v) is 9.05. The molecule has 0 atom stereocenters. The molecular weight excluding hydrogens is 362 g/mol. The Morgan fingerprint density at radius 2 is 1.52 bits per heavy atom. The summed E-state index contributed by atoms with van der Waals surface area (Å²) in [7, 11) is -3.46. The fourth-order valence-corrected chi connectivity index (χ4v) is 4.77. The fraction of sp³-hybridized carbons (Fsp3) is 0.550. The molecule has 2 heterocycles. The summed E-state index contributed by atoms with van der Waals surface area (Å²) in [6.45, 7) is 4.08. The van der Waals surface area contributed by atoms with Gasteiger partial charge in [0.15, 0.2) is 0 Å². The second kappa shape index (κ2) is 9.48. The molecule has 27 heavy (non-hydrogen) atoms. The number of likely N-dealkylation sites (tertiary alicyclic amines) is 1. The van der Waals surface area contributed by atoms with Gasteiger partial charge >= 0.3 is 0 Å². The lowest BCUT2D eigenvalue weighted by molar-refractivity contribution is -0.133. The quantitative estimate of drug-likeness (QED) is 0.770. The molecular formula is C20H29N3O3S. The van der Waals surface area contributed by atoms with Gasteiger partial charge in [-0.15, -0.1) is 0 Å². The number of benzene rings is 1. The lowest BCUT2D eigenvalue weighted by Gasteiger charge is -2.34. The maximum atomic E-state index is 12.5. The number of carbonyl (C=O) groups excluding carboxylic acids is 1. The van der Waals surface area contributed by atoms with Crippen LogP contribution in [0.3, 0.4) is 0 Å². The van der Waals surface area contributed by atoms with Crippen LogP contribution in [0.15, 0.2) is 35.7 Å². The maximum absolute atomic E-state index is 12.5. The Labute approximate surface area is 162 Å². The van der Waals surface area contributed by atoms with Gasteiger partial charge in [-0.05, 0) is 37.6 Å². The summed E-state index contributed by atoms with van der Waals surface area (Å²) in [5.41, 5.74) is 0.854. The van der Waals surface area contributed by atoms with Gasteiger partial charge in [-0.1, -0.05) is 43.2 Å². The van der Waals surface area contributed by atoms with Gasteiger partial charge in [-0.25, -0.2) is 8.42 Å². The summed E-state index contributed by atoms with van der Waals surface area (Å²) in [4.78, 5) is 16.6. The van der Waals surface area contributed by atoms with Crippen LogP contribution in [0.1, 0.15) is 31.2 Å². The third kappa shape index (κ3) is 5.89. The van der Waals surface area contributed by atoms with E-state index in [4.69, 9.17) is 0 Å². The summed E-state index contributed by atoms with van der Waals surface area (Å²) >= 11 is 0. The minimum atomic E-state index is -3.46. The average Bonchev–Trinajstić information content (AvgIpc) is 2.96. The van der Waals surface area contributed by atoms with E-state index in [1.807, 2.05) is 30.3 Å². The Kier molecular flexibility index (Phi) is 7.04. The van der Waals surface area contributed by atoms with Crippen LogP contribution in [-0.4, -0.2) is 74.2 Å². The highest BCUT2D eigenvalue weighted by Crippen LogP contribution is 2.13. The first-order valence-corrected chi connectivity index (χ1v) is 11.3. The van der Waals surface area contributed by atoms with Crippen LogP contribution < -0.4 is 0 Å². The standard InChI is InChI=1S/C20H29N3O3S/c24-20(18-21-11-6-1-2-7-12-21)22-13-15-23(16-14-22)27(25,26)17-10-19-8-4-3-5-9-19/h3-5,8-10,17H,1-2,6-7,11-16,18H2/b17-10+. The van der Waals surface area contributed by atoms with E-state index in [0.717, 1.165) is 31.5 Å². The molecule has 6 nitrogen and oxygen atoms in total. The Morgan fingerprint density at radius 3 is 2.15 bits per heavy atom. The number of amides is 1. The molecule has 0 spiro atoms. The zero-order chi connectivity index (χ0) is 19.1. The van der Waals surface area contributed by atoms with Crippen molar-refractivity contribution < 1.29 is 13.2 Å². The van der Waals surface area contributed by atoms with Gasteiger partial charge < -0.3 is 4.90 Å². The molecule has 0 unspecified atom stereocenters. The van der Waals surface area contributed by atoms with E-state index in [9.17, 15) is 13.2 Å². The van der Waals surface area contributed by atoms with Crippen LogP contribution >= 0.6 is 0 Å². The van der Waals surface area contributed by atoms with Crippen molar-refractivity contribution in [2.45, 2.75) is 25.7 Å². The largest absolute Gasteiger partial charge is 0.339 e. The van der Waals surface area contributed by atoms with Gasteiger partial charge in [0.1, 0.15) is 0 Å². The van der Waals surface area contributed by atoms with E-state index in [1.54, 1.807) is 11.0 Å². The summed E-state index contributed by atoms with van der Waals surface area (Å²) in [5, 5.41) is 1.26. The van der Waals surface area contributed by atoms with Crippen molar-refractivity contribution in [3.05, 3.63) is 41.3 Å². The monoisotopic (exact) mass is 391 g/mol. The van der Waals surface area contributed by atoms with Crippen LogP contribution in [0.2, 0.25) is 0 Å². The minimum absolute atomic E-state index is 0.119. The summed E-state index contributed by atoms with van der Waals surface area (Å²) < 4.78 is 26.5. The van der Waals surface area contributed by atoms with Crippen molar-refractivity contribution in [3.63, 3.8) is 0 Å². The molecule has 0 bridgehead atoms. The molecule has 0 N–H and O–H groups in total. The molecule has 2 fully saturated rings. The van der Waals surface area contributed by atoms with Crippen molar-refractivity contribution in [3.8, 4) is 0 Å². The molecule has 2 aliphatic heterocycles. The van der Waals surface area contributed by atoms with Gasteiger partial charge in [0.05, 0.1) is 6.54 Å². The lowest BCUT2D eigenvalue weighted by atomic mass is 10.2. The number of nitrogens with zero attached hydrogens (tertiary/aromatic N) is 3. The van der Waals surface area contributed by atoms with Crippen molar-refractivity contribution in [2.24, 2.45) is 0 Å². The minimum Gasteiger partial charge on any atom is -0.339 e. The Morgan fingerprint density at radius 1 is 0.889 bits per heavy atom. The summed E-state index contributed by atoms with van der Waals surface area (Å²) in [5.74, 6) is 0.119. The van der Waals surface area contributed by atoms with Crippen molar-refractivity contribution in [1.82, 2.24) is 14.1 Å². The number of hydrogen-bond donors (Lipinski definition) is 0. The first-order valence-electron chi connectivity index (χ1n) is 9.78. The molecule has 0 saturated carbocycles. The fourth-order valence-electron chi connectivity index (χ4n) is 3.59. The predicted molar refractivity (Wildman–Crippen MR) is 107 cm³/mol. The smallest absolute Gasteiger partial charge is 0.236 e. The van der Waals surface area contributed by atoms with E-state index in [1.165, 1.54) is 22.6 Å². The van der Waals surface area contributed by atoms with E-state index in [-0.39, 0.29) is 5.91 Å². The Hall–Kier alpha value is -1.70. The van der Waals surface area contributed by atoms with Crippen molar-refractivity contribution in [2.75, 3.05) is 45.8 Å². The van der Waals surface area contributed by atoms with Gasteiger partial charge in [0.25, 0.3) is 0 Å². The lowest BCUT2D eigenvalue weighted by Crippen LogP contribution is -2.52. The van der Waals surface area contributed by atoms with Gasteiger partial charge in [0.2, 0.25) is 15.9 Å². The normalized spacial score (nSPS) is 20.7. The second-order valence-electron chi connectivity index (χ2n) is 7.23. The average molecular weight is 392 g/mol. The van der Waals surface area contributed by atoms with Crippen LogP contribution in [0.4, 0.5) is 0 Å². The van der Waals surface area contributed by atoms with E-state index >= 15 is 0 Å². The molecule has 0 aliphatic carbocycles. The molecule has 3 rings (SSSR count). The van der Waals surface area contributed by atoms with Crippen LogP contribution in [0.5, 0.6) is 0 Å². The Balaban J connectivity index is 1.50. The van der Waals surface area contributed by atoms with Crippen LogP contribution in [0, 0.1) is 0 Å². The van der Waals surface area contributed by atoms with Gasteiger partial charge in [-0.3, -0.25) is 9.69 Å². The molecule has 1 aromatic rings. The van der Waals surface area contributed by atoms with Crippen LogP contribution in [-0.2, 0) is 14.8 Å². The molecule has 7 heteroatoms. The maximum Gasteiger partial charge on any atom is 0.236 e. The highest BCUT2D eigenvalue weighted by molar-refractivity contribution is 7.92. The molecule has 2 aliphatic rings. The van der Waals surface area contributed by atoms with E-state index < -0.39 is 10.0 Å². The molecule has 0 aromatic heterocycles. The molecule has 0 radical (unpaired) electrons. The van der Waals surface area contributed by atoms with Gasteiger partial charge in [-0.2, -0.15) is 4.31 Å². The van der Waals surface area contributed by atoms with Crippen LogP contribution in [0.25, 0.3) is 6.08 Å². The Bertz CT molecular complexity index is 733. The molecule has 2 saturated heterocycles. The topological polar surface area (TPSA) is 60.9 Å². The predicted octanol–water partition coefficient (Wildman–Crippen LogP) is 2.01. The number of piperazine rings is 1. The highest BCUT2D eigenvalue weighted by Gasteiger charge is 2.28. The van der Waals surface area contributed by atoms with Gasteiger partial charge in [0, 0.05) is 31.6 Å². The molecule has 1 aromatic carbocycles. The number of hydrogen-bond acceptors (Lipinski definition) is 4. The summed E-state index contributed by atoms with van der Waals surface area (Å²) in [6, 6.07) is 9.38. The molecule has 1 amide bonds. The number of carbonyl (C=O) groups is 1. The third-order valence-electron chi connectivity index (χ3n) is 5.24. The third-order valence-corrected chi connectivity index (χ3v) is 6.81. The van der Waals surface area contributed by atoms with Crippen molar-refractivity contribution in [1.29, 1.82) is 0 Å². The highest BCUT2D eigenvalue weighted by atomic mass is 32.2. The first kappa shape index (κ1) is 20.0. The number of sulfonamides is 1. The first-order chi connectivity index (χ1) is 13.0. The zero-order valence-electron chi connectivity index (χ0n) is 15.8. The number of rotatable bonds is 5. The summed E-state index contributed by atoms with van der Waals surface area (Å²) in [6.07, 6.45) is 6.43. The zero-order valence-corrected chi connectivity index (χ0v) is 16.6. The van der Waals surface area contributed by atoms with E-state index in [2.05, 4.69) is 4.90 Å². The van der Waals surface area contributed by atoms with E-state index in [0.29, 0.717) is 32.7 Å².